The average molecular weight is 250 g/mol. The minimum atomic E-state index is -0.902. The molecule has 96 valence electrons. The number of carboxylic acid groups (broad SMARTS) is 1. The lowest BCUT2D eigenvalue weighted by molar-refractivity contribution is -0.136. The quantitative estimate of drug-likeness (QED) is 0.871. The standard InChI is InChI=1S/C13H15FN2O2/c1-9(2)16(6-5-13(17)18)12-4-3-11(14)7-10(12)8-15/h3-4,7,9H,5-6H2,1-2H3,(H,17,18). The summed E-state index contributed by atoms with van der Waals surface area (Å²) < 4.78 is 13.0. The Bertz CT molecular complexity index is 480. The smallest absolute Gasteiger partial charge is 0.305 e. The summed E-state index contributed by atoms with van der Waals surface area (Å²) in [4.78, 5) is 12.4. The largest absolute Gasteiger partial charge is 0.481 e. The van der Waals surface area contributed by atoms with Crippen LogP contribution in [0.4, 0.5) is 10.1 Å². The third-order valence-electron chi connectivity index (χ3n) is 2.58. The number of anilines is 1. The Kier molecular flexibility index (Phi) is 4.67. The Morgan fingerprint density at radius 2 is 2.22 bits per heavy atom. The van der Waals surface area contributed by atoms with Crippen LogP contribution in [-0.2, 0) is 4.79 Å². The van der Waals surface area contributed by atoms with Crippen molar-refractivity contribution in [3.05, 3.63) is 29.6 Å². The highest BCUT2D eigenvalue weighted by Gasteiger charge is 2.16. The molecule has 1 aromatic rings. The molecule has 0 unspecified atom stereocenters. The first-order valence-corrected chi connectivity index (χ1v) is 5.63. The number of halogens is 1. The first-order chi connectivity index (χ1) is 8.45. The number of nitrogens with zero attached hydrogens (tertiary/aromatic N) is 2. The zero-order valence-electron chi connectivity index (χ0n) is 10.4. The van der Waals surface area contributed by atoms with Gasteiger partial charge in [-0.2, -0.15) is 5.26 Å². The van der Waals surface area contributed by atoms with E-state index in [0.717, 1.165) is 6.07 Å². The van der Waals surface area contributed by atoms with Crippen molar-refractivity contribution < 1.29 is 14.3 Å². The number of carbonyl (C=O) groups is 1. The minimum absolute atomic E-state index is 0.0274. The molecule has 0 bridgehead atoms. The maximum absolute atomic E-state index is 13.0. The van der Waals surface area contributed by atoms with Gasteiger partial charge in [0.2, 0.25) is 0 Å². The first-order valence-electron chi connectivity index (χ1n) is 5.63. The van der Waals surface area contributed by atoms with Crippen molar-refractivity contribution in [3.8, 4) is 6.07 Å². The van der Waals surface area contributed by atoms with Crippen molar-refractivity contribution in [3.63, 3.8) is 0 Å². The predicted octanol–water partition coefficient (Wildman–Crippen LogP) is 2.39. The third kappa shape index (κ3) is 3.45. The van der Waals surface area contributed by atoms with Crippen LogP contribution in [0.1, 0.15) is 25.8 Å². The minimum Gasteiger partial charge on any atom is -0.481 e. The normalized spacial score (nSPS) is 10.2. The molecule has 0 aliphatic carbocycles. The van der Waals surface area contributed by atoms with Gasteiger partial charge in [-0.15, -0.1) is 0 Å². The van der Waals surface area contributed by atoms with E-state index in [9.17, 15) is 9.18 Å². The van der Waals surface area contributed by atoms with Crippen LogP contribution in [-0.4, -0.2) is 23.7 Å². The van der Waals surface area contributed by atoms with Gasteiger partial charge < -0.3 is 10.0 Å². The van der Waals surface area contributed by atoms with E-state index in [4.69, 9.17) is 10.4 Å². The van der Waals surface area contributed by atoms with Crippen molar-refractivity contribution in [1.29, 1.82) is 5.26 Å². The molecule has 1 aromatic carbocycles. The molecule has 0 fully saturated rings. The number of nitriles is 1. The van der Waals surface area contributed by atoms with Gasteiger partial charge in [0.25, 0.3) is 0 Å². The summed E-state index contributed by atoms with van der Waals surface area (Å²) in [6.07, 6.45) is -0.0274. The van der Waals surface area contributed by atoms with Crippen molar-refractivity contribution in [2.75, 3.05) is 11.4 Å². The van der Waals surface area contributed by atoms with E-state index < -0.39 is 11.8 Å². The van der Waals surface area contributed by atoms with Gasteiger partial charge in [0.15, 0.2) is 0 Å². The Morgan fingerprint density at radius 3 is 2.72 bits per heavy atom. The highest BCUT2D eigenvalue weighted by atomic mass is 19.1. The second-order valence-corrected chi connectivity index (χ2v) is 4.20. The van der Waals surface area contributed by atoms with Gasteiger partial charge in [-0.3, -0.25) is 4.79 Å². The Hall–Kier alpha value is -2.09. The van der Waals surface area contributed by atoms with Gasteiger partial charge in [-0.05, 0) is 32.0 Å². The molecular formula is C13H15FN2O2. The van der Waals surface area contributed by atoms with E-state index in [-0.39, 0.29) is 24.6 Å². The lowest BCUT2D eigenvalue weighted by Gasteiger charge is -2.29. The second kappa shape index (κ2) is 6.01. The van der Waals surface area contributed by atoms with Crippen LogP contribution in [0.3, 0.4) is 0 Å². The highest BCUT2D eigenvalue weighted by molar-refractivity contribution is 5.68. The Labute approximate surface area is 105 Å². The van der Waals surface area contributed by atoms with E-state index in [1.54, 1.807) is 4.90 Å². The molecule has 0 amide bonds. The summed E-state index contributed by atoms with van der Waals surface area (Å²) in [7, 11) is 0. The lowest BCUT2D eigenvalue weighted by Crippen LogP contribution is -2.33. The Morgan fingerprint density at radius 1 is 1.56 bits per heavy atom. The highest BCUT2D eigenvalue weighted by Crippen LogP contribution is 2.23. The molecule has 0 spiro atoms. The van der Waals surface area contributed by atoms with E-state index in [0.29, 0.717) is 5.69 Å². The van der Waals surface area contributed by atoms with Gasteiger partial charge >= 0.3 is 5.97 Å². The van der Waals surface area contributed by atoms with Crippen LogP contribution in [0.5, 0.6) is 0 Å². The predicted molar refractivity (Wildman–Crippen MR) is 65.8 cm³/mol. The number of hydrogen-bond acceptors (Lipinski definition) is 3. The zero-order chi connectivity index (χ0) is 13.7. The zero-order valence-corrected chi connectivity index (χ0v) is 10.4. The van der Waals surface area contributed by atoms with Crippen LogP contribution in [0, 0.1) is 17.1 Å². The van der Waals surface area contributed by atoms with Gasteiger partial charge in [0.1, 0.15) is 11.9 Å². The number of hydrogen-bond donors (Lipinski definition) is 1. The molecule has 0 saturated heterocycles. The van der Waals surface area contributed by atoms with E-state index in [2.05, 4.69) is 0 Å². The van der Waals surface area contributed by atoms with Crippen LogP contribution < -0.4 is 4.90 Å². The summed E-state index contributed by atoms with van der Waals surface area (Å²) in [5.74, 6) is -1.38. The molecule has 18 heavy (non-hydrogen) atoms. The second-order valence-electron chi connectivity index (χ2n) is 4.20. The number of benzene rings is 1. The summed E-state index contributed by atoms with van der Waals surface area (Å²) in [5.41, 5.74) is 0.782. The maximum Gasteiger partial charge on any atom is 0.305 e. The monoisotopic (exact) mass is 250 g/mol. The molecule has 0 radical (unpaired) electrons. The first kappa shape index (κ1) is 14.0. The summed E-state index contributed by atoms with van der Waals surface area (Å²) in [6, 6.07) is 5.90. The van der Waals surface area contributed by atoms with E-state index in [1.165, 1.54) is 12.1 Å². The van der Waals surface area contributed by atoms with Gasteiger partial charge in [-0.25, -0.2) is 4.39 Å². The lowest BCUT2D eigenvalue weighted by atomic mass is 10.1. The van der Waals surface area contributed by atoms with Gasteiger partial charge in [0, 0.05) is 12.6 Å². The average Bonchev–Trinajstić information content (AvgIpc) is 2.30. The fourth-order valence-corrected chi connectivity index (χ4v) is 1.72. The number of rotatable bonds is 5. The maximum atomic E-state index is 13.0. The molecule has 0 aromatic heterocycles. The summed E-state index contributed by atoms with van der Waals surface area (Å²) >= 11 is 0. The molecule has 1 rings (SSSR count). The van der Waals surface area contributed by atoms with Crippen LogP contribution in [0.25, 0.3) is 0 Å². The molecule has 0 atom stereocenters. The van der Waals surface area contributed by atoms with Crippen LogP contribution >= 0.6 is 0 Å². The van der Waals surface area contributed by atoms with E-state index >= 15 is 0 Å². The molecule has 5 heteroatoms. The van der Waals surface area contributed by atoms with Crippen LogP contribution in [0.2, 0.25) is 0 Å². The fraction of sp³-hybridized carbons (Fsp3) is 0.385. The fourth-order valence-electron chi connectivity index (χ4n) is 1.72. The van der Waals surface area contributed by atoms with Crippen molar-refractivity contribution in [1.82, 2.24) is 0 Å². The molecule has 0 heterocycles. The molecule has 0 aliphatic rings. The molecule has 1 N–H and O–H groups in total. The molecule has 4 nitrogen and oxygen atoms in total. The van der Waals surface area contributed by atoms with Crippen molar-refractivity contribution in [2.45, 2.75) is 26.3 Å². The topological polar surface area (TPSA) is 64.3 Å². The van der Waals surface area contributed by atoms with Gasteiger partial charge in [-0.1, -0.05) is 0 Å². The third-order valence-corrected chi connectivity index (χ3v) is 2.58. The molecular weight excluding hydrogens is 235 g/mol. The number of aliphatic carboxylic acids is 1. The van der Waals surface area contributed by atoms with Crippen molar-refractivity contribution in [2.24, 2.45) is 0 Å². The van der Waals surface area contributed by atoms with Gasteiger partial charge in [0.05, 0.1) is 17.7 Å². The molecule has 0 saturated carbocycles. The van der Waals surface area contributed by atoms with Crippen LogP contribution in [0.15, 0.2) is 18.2 Å². The summed E-state index contributed by atoms with van der Waals surface area (Å²) in [6.45, 7) is 4.08. The number of carboxylic acids is 1. The molecule has 0 aliphatic heterocycles. The SMILES string of the molecule is CC(C)N(CCC(=O)O)c1ccc(F)cc1C#N. The van der Waals surface area contributed by atoms with E-state index in [1.807, 2.05) is 19.9 Å². The Balaban J connectivity index is 3.06. The summed E-state index contributed by atoms with van der Waals surface area (Å²) in [5, 5.41) is 17.7. The van der Waals surface area contributed by atoms with Crippen molar-refractivity contribution >= 4 is 11.7 Å².